The van der Waals surface area contributed by atoms with Crippen LogP contribution in [0.5, 0.6) is 0 Å². The van der Waals surface area contributed by atoms with Crippen LogP contribution in [-0.4, -0.2) is 32.7 Å². The molecule has 4 aromatic rings. The molecule has 1 N–H and O–H groups in total. The summed E-state index contributed by atoms with van der Waals surface area (Å²) in [6.07, 6.45) is 3.63. The molecular weight excluding hydrogens is 352 g/mol. The lowest BCUT2D eigenvalue weighted by Crippen LogP contribution is -2.40. The molecule has 3 heterocycles. The number of benzene rings is 2. The van der Waals surface area contributed by atoms with Gasteiger partial charge in [-0.25, -0.2) is 4.79 Å². The Kier molecular flexibility index (Phi) is 4.13. The number of para-hydroxylation sites is 3. The lowest BCUT2D eigenvalue weighted by atomic mass is 9.91. The van der Waals surface area contributed by atoms with Crippen molar-refractivity contribution >= 4 is 22.0 Å². The summed E-state index contributed by atoms with van der Waals surface area (Å²) in [5, 5.41) is 5.45. The third-order valence-corrected chi connectivity index (χ3v) is 5.80. The quantitative estimate of drug-likeness (QED) is 0.548. The molecule has 1 aliphatic rings. The highest BCUT2D eigenvalue weighted by atomic mass is 16.5. The minimum absolute atomic E-state index is 0.101. The predicted octanol–water partition coefficient (Wildman–Crippen LogP) is 4.04. The van der Waals surface area contributed by atoms with Crippen molar-refractivity contribution in [2.24, 2.45) is 0 Å². The number of aromatic nitrogens is 3. The molecule has 0 bridgehead atoms. The van der Waals surface area contributed by atoms with Gasteiger partial charge in [-0.05, 0) is 37.1 Å². The maximum absolute atomic E-state index is 12.6. The largest absolute Gasteiger partial charge is 0.356 e. The van der Waals surface area contributed by atoms with E-state index in [1.807, 2.05) is 48.5 Å². The summed E-state index contributed by atoms with van der Waals surface area (Å²) in [4.78, 5) is 17.8. The van der Waals surface area contributed by atoms with E-state index in [1.165, 1.54) is 0 Å². The fraction of sp³-hybridized carbons (Fsp3) is 0.273. The summed E-state index contributed by atoms with van der Waals surface area (Å²) in [7, 11) is 0. The number of likely N-dealkylation sites (tertiary alicyclic amines) is 1. The number of piperidine rings is 1. The van der Waals surface area contributed by atoms with Gasteiger partial charge < -0.3 is 9.51 Å². The molecule has 0 aliphatic carbocycles. The molecule has 0 radical (unpaired) electrons. The molecule has 5 rings (SSSR count). The van der Waals surface area contributed by atoms with Crippen molar-refractivity contribution in [3.05, 3.63) is 77.4 Å². The highest BCUT2D eigenvalue weighted by Crippen LogP contribution is 2.34. The van der Waals surface area contributed by atoms with Crippen molar-refractivity contribution in [3.63, 3.8) is 0 Å². The number of H-pyrrole nitrogens is 1. The lowest BCUT2D eigenvalue weighted by Gasteiger charge is -2.36. The van der Waals surface area contributed by atoms with E-state index in [4.69, 9.17) is 4.52 Å². The van der Waals surface area contributed by atoms with Gasteiger partial charge >= 0.3 is 5.69 Å². The molecule has 1 fully saturated rings. The number of nitrogens with one attached hydrogen (secondary N) is 1. The zero-order valence-corrected chi connectivity index (χ0v) is 15.5. The van der Waals surface area contributed by atoms with Crippen molar-refractivity contribution in [1.82, 2.24) is 19.6 Å². The molecule has 1 atom stereocenters. The monoisotopic (exact) mass is 374 g/mol. The number of hydrogen-bond donors (Lipinski definition) is 1. The van der Waals surface area contributed by atoms with Gasteiger partial charge in [-0.1, -0.05) is 42.1 Å². The average Bonchev–Trinajstić information content (AvgIpc) is 3.30. The number of imidazole rings is 1. The molecule has 1 aliphatic heterocycles. The molecule has 2 aromatic carbocycles. The molecule has 2 aromatic heterocycles. The number of hydrogen-bond acceptors (Lipinski definition) is 4. The van der Waals surface area contributed by atoms with E-state index in [0.29, 0.717) is 5.92 Å². The molecular formula is C22H22N4O2. The van der Waals surface area contributed by atoms with Crippen molar-refractivity contribution in [1.29, 1.82) is 0 Å². The van der Waals surface area contributed by atoms with Gasteiger partial charge in [0, 0.05) is 24.4 Å². The predicted molar refractivity (Wildman–Crippen MR) is 109 cm³/mol. The smallest absolute Gasteiger partial charge is 0.328 e. The maximum Gasteiger partial charge on any atom is 0.328 e. The van der Waals surface area contributed by atoms with Crippen LogP contribution in [0, 0.1) is 0 Å². The highest BCUT2D eigenvalue weighted by molar-refractivity contribution is 5.79. The van der Waals surface area contributed by atoms with Crippen molar-refractivity contribution in [2.75, 3.05) is 13.1 Å². The molecule has 0 spiro atoms. The number of aromatic amines is 1. The standard InChI is InChI=1S/C22H22N4O2/c1-2-20(26-18-9-5-4-8-17(18)23-22(26)27)25-13-11-15(12-14-25)21-16-7-3-6-10-19(16)28-24-21/h2-10,15,20H,1,11-14H2,(H,23,27). The van der Waals surface area contributed by atoms with Crippen LogP contribution in [0.2, 0.25) is 0 Å². The molecule has 1 unspecified atom stereocenters. The zero-order chi connectivity index (χ0) is 19.1. The number of rotatable bonds is 4. The van der Waals surface area contributed by atoms with Crippen molar-refractivity contribution in [3.8, 4) is 0 Å². The van der Waals surface area contributed by atoms with Crippen LogP contribution in [-0.2, 0) is 0 Å². The van der Waals surface area contributed by atoms with E-state index < -0.39 is 0 Å². The lowest BCUT2D eigenvalue weighted by molar-refractivity contribution is 0.136. The Balaban J connectivity index is 1.40. The van der Waals surface area contributed by atoms with Crippen LogP contribution in [0.3, 0.4) is 0 Å². The summed E-state index contributed by atoms with van der Waals surface area (Å²) in [5.74, 6) is 0.366. The summed E-state index contributed by atoms with van der Waals surface area (Å²) < 4.78 is 7.29. The Hall–Kier alpha value is -3.12. The van der Waals surface area contributed by atoms with Gasteiger partial charge in [0.05, 0.1) is 16.7 Å². The van der Waals surface area contributed by atoms with Gasteiger partial charge in [-0.2, -0.15) is 0 Å². The van der Waals surface area contributed by atoms with Crippen LogP contribution < -0.4 is 5.69 Å². The number of nitrogens with zero attached hydrogens (tertiary/aromatic N) is 3. The molecule has 0 amide bonds. The first-order valence-corrected chi connectivity index (χ1v) is 9.66. The Labute approximate surface area is 162 Å². The first kappa shape index (κ1) is 17.0. The summed E-state index contributed by atoms with van der Waals surface area (Å²) in [6, 6.07) is 15.8. The maximum atomic E-state index is 12.6. The van der Waals surface area contributed by atoms with Gasteiger partial charge in [-0.15, -0.1) is 0 Å². The Morgan fingerprint density at radius 3 is 2.71 bits per heavy atom. The Morgan fingerprint density at radius 2 is 1.89 bits per heavy atom. The molecule has 142 valence electrons. The van der Waals surface area contributed by atoms with Crippen LogP contribution in [0.1, 0.15) is 30.6 Å². The van der Waals surface area contributed by atoms with E-state index in [1.54, 1.807) is 4.57 Å². The van der Waals surface area contributed by atoms with Gasteiger partial charge in [0.15, 0.2) is 5.58 Å². The summed E-state index contributed by atoms with van der Waals surface area (Å²) in [5.41, 5.74) is 3.55. The van der Waals surface area contributed by atoms with Crippen LogP contribution in [0.15, 0.2) is 70.5 Å². The average molecular weight is 374 g/mol. The fourth-order valence-corrected chi connectivity index (χ4v) is 4.39. The first-order valence-electron chi connectivity index (χ1n) is 9.66. The SMILES string of the molecule is C=CC(N1CCC(c2noc3ccccc23)CC1)n1c(=O)[nH]c2ccccc21. The van der Waals surface area contributed by atoms with Crippen molar-refractivity contribution in [2.45, 2.75) is 24.9 Å². The van der Waals surface area contributed by atoms with Crippen LogP contribution in [0.25, 0.3) is 22.0 Å². The highest BCUT2D eigenvalue weighted by Gasteiger charge is 2.29. The van der Waals surface area contributed by atoms with Gasteiger partial charge in [0.1, 0.15) is 6.17 Å². The Morgan fingerprint density at radius 1 is 1.14 bits per heavy atom. The fourth-order valence-electron chi connectivity index (χ4n) is 4.39. The van der Waals surface area contributed by atoms with E-state index in [0.717, 1.165) is 53.6 Å². The van der Waals surface area contributed by atoms with E-state index in [-0.39, 0.29) is 11.9 Å². The second kappa shape index (κ2) is 6.80. The van der Waals surface area contributed by atoms with Gasteiger partial charge in [0.2, 0.25) is 0 Å². The summed E-state index contributed by atoms with van der Waals surface area (Å²) in [6.45, 7) is 5.75. The normalized spacial score (nSPS) is 17.3. The first-order chi connectivity index (χ1) is 13.8. The molecule has 6 heteroatoms. The minimum Gasteiger partial charge on any atom is -0.356 e. The molecule has 28 heavy (non-hydrogen) atoms. The third-order valence-electron chi connectivity index (χ3n) is 5.80. The van der Waals surface area contributed by atoms with E-state index in [9.17, 15) is 4.79 Å². The van der Waals surface area contributed by atoms with Crippen LogP contribution in [0.4, 0.5) is 0 Å². The second-order valence-corrected chi connectivity index (χ2v) is 7.34. The molecule has 1 saturated heterocycles. The van der Waals surface area contributed by atoms with Gasteiger partial charge in [0.25, 0.3) is 0 Å². The van der Waals surface area contributed by atoms with E-state index in [2.05, 4.69) is 27.7 Å². The minimum atomic E-state index is -0.168. The molecule has 0 saturated carbocycles. The summed E-state index contributed by atoms with van der Waals surface area (Å²) >= 11 is 0. The zero-order valence-electron chi connectivity index (χ0n) is 15.5. The number of fused-ring (bicyclic) bond motifs is 2. The third kappa shape index (κ3) is 2.68. The van der Waals surface area contributed by atoms with Gasteiger partial charge in [-0.3, -0.25) is 9.47 Å². The van der Waals surface area contributed by atoms with Crippen LogP contribution >= 0.6 is 0 Å². The Bertz CT molecular complexity index is 1190. The van der Waals surface area contributed by atoms with E-state index >= 15 is 0 Å². The molecule has 6 nitrogen and oxygen atoms in total. The second-order valence-electron chi connectivity index (χ2n) is 7.34. The topological polar surface area (TPSA) is 67.1 Å². The van der Waals surface area contributed by atoms with Crippen molar-refractivity contribution < 1.29 is 4.52 Å².